The van der Waals surface area contributed by atoms with E-state index in [9.17, 15) is 13.2 Å². The van der Waals surface area contributed by atoms with Crippen LogP contribution >= 0.6 is 11.3 Å². The first-order valence-electron chi connectivity index (χ1n) is 8.50. The summed E-state index contributed by atoms with van der Waals surface area (Å²) >= 11 is 1.31. The average molecular weight is 404 g/mol. The van der Waals surface area contributed by atoms with Crippen LogP contribution in [0.4, 0.5) is 10.8 Å². The Bertz CT molecular complexity index is 1110. The molecule has 142 valence electrons. The van der Waals surface area contributed by atoms with Crippen LogP contribution in [0.2, 0.25) is 0 Å². The van der Waals surface area contributed by atoms with Gasteiger partial charge in [0.15, 0.2) is 5.13 Å². The van der Waals surface area contributed by atoms with Crippen molar-refractivity contribution in [2.24, 2.45) is 0 Å². The van der Waals surface area contributed by atoms with Gasteiger partial charge in [0, 0.05) is 6.42 Å². The molecule has 2 aromatic carbocycles. The third-order valence-electron chi connectivity index (χ3n) is 4.08. The van der Waals surface area contributed by atoms with Gasteiger partial charge < -0.3 is 5.32 Å². The predicted octanol–water partition coefficient (Wildman–Crippen LogP) is 4.37. The zero-order chi connectivity index (χ0) is 19.8. The summed E-state index contributed by atoms with van der Waals surface area (Å²) in [7, 11) is -3.71. The number of aromatic nitrogens is 1. The van der Waals surface area contributed by atoms with Crippen LogP contribution in [0.1, 0.15) is 30.0 Å². The number of fused-ring (bicyclic) bond motifs is 1. The van der Waals surface area contributed by atoms with Gasteiger partial charge >= 0.3 is 0 Å². The molecule has 0 saturated heterocycles. The van der Waals surface area contributed by atoms with E-state index < -0.39 is 10.0 Å². The van der Waals surface area contributed by atoms with E-state index in [0.717, 1.165) is 10.3 Å². The van der Waals surface area contributed by atoms with Crippen molar-refractivity contribution in [2.75, 3.05) is 10.0 Å². The molecule has 27 heavy (non-hydrogen) atoms. The molecule has 8 heteroatoms. The molecule has 6 nitrogen and oxygen atoms in total. The molecule has 0 aliphatic carbocycles. The van der Waals surface area contributed by atoms with Crippen molar-refractivity contribution in [1.82, 2.24) is 4.98 Å². The minimum atomic E-state index is -3.71. The lowest BCUT2D eigenvalue weighted by Crippen LogP contribution is -2.15. The fraction of sp³-hybridized carbons (Fsp3) is 0.263. The monoisotopic (exact) mass is 403 g/mol. The Morgan fingerprint density at radius 2 is 1.78 bits per heavy atom. The summed E-state index contributed by atoms with van der Waals surface area (Å²) in [5.41, 5.74) is 3.61. The Morgan fingerprint density at radius 3 is 2.41 bits per heavy atom. The number of nitrogens with zero attached hydrogens (tertiary/aromatic N) is 1. The first kappa shape index (κ1) is 19.3. The van der Waals surface area contributed by atoms with Gasteiger partial charge in [0.25, 0.3) is 10.0 Å². The number of hydrogen-bond acceptors (Lipinski definition) is 5. The normalized spacial score (nSPS) is 11.6. The highest BCUT2D eigenvalue weighted by Gasteiger charge is 2.20. The summed E-state index contributed by atoms with van der Waals surface area (Å²) in [6, 6.07) is 8.85. The molecule has 0 spiro atoms. The van der Waals surface area contributed by atoms with Crippen LogP contribution in [0.25, 0.3) is 10.2 Å². The number of hydrogen-bond donors (Lipinski definition) is 2. The summed E-state index contributed by atoms with van der Waals surface area (Å²) in [5.74, 6) is -0.111. The molecule has 0 saturated carbocycles. The van der Waals surface area contributed by atoms with Crippen LogP contribution in [0.5, 0.6) is 0 Å². The SMILES string of the molecule is CCC(=O)Nc1nc2ccc(NS(=O)(=O)c3c(C)cc(C)cc3C)cc2s1. The summed E-state index contributed by atoms with van der Waals surface area (Å²) < 4.78 is 29.2. The van der Waals surface area contributed by atoms with E-state index in [1.807, 2.05) is 19.1 Å². The molecule has 0 radical (unpaired) electrons. The summed E-state index contributed by atoms with van der Waals surface area (Å²) in [5, 5.41) is 3.23. The van der Waals surface area contributed by atoms with Gasteiger partial charge in [-0.2, -0.15) is 0 Å². The van der Waals surface area contributed by atoms with Crippen molar-refractivity contribution in [3.63, 3.8) is 0 Å². The molecule has 0 fully saturated rings. The van der Waals surface area contributed by atoms with Crippen LogP contribution in [-0.4, -0.2) is 19.3 Å². The standard InChI is InChI=1S/C19H21N3O3S2/c1-5-17(23)21-19-20-15-7-6-14(10-16(15)26-19)22-27(24,25)18-12(3)8-11(2)9-13(18)4/h6-10,22H,5H2,1-4H3,(H,20,21,23). The van der Waals surface area contributed by atoms with E-state index in [1.165, 1.54) is 11.3 Å². The van der Waals surface area contributed by atoms with Gasteiger partial charge in [0.2, 0.25) is 5.91 Å². The Kier molecular flexibility index (Phi) is 5.21. The number of sulfonamides is 1. The predicted molar refractivity (Wildman–Crippen MR) is 110 cm³/mol. The van der Waals surface area contributed by atoms with Crippen LogP contribution in [-0.2, 0) is 14.8 Å². The van der Waals surface area contributed by atoms with Gasteiger partial charge in [-0.15, -0.1) is 0 Å². The van der Waals surface area contributed by atoms with Gasteiger partial charge in [0.1, 0.15) is 0 Å². The largest absolute Gasteiger partial charge is 0.302 e. The maximum absolute atomic E-state index is 12.9. The van der Waals surface area contributed by atoms with Gasteiger partial charge in [-0.25, -0.2) is 13.4 Å². The Morgan fingerprint density at radius 1 is 1.11 bits per heavy atom. The first-order valence-corrected chi connectivity index (χ1v) is 10.8. The van der Waals surface area contributed by atoms with Crippen molar-refractivity contribution in [1.29, 1.82) is 0 Å². The van der Waals surface area contributed by atoms with E-state index in [2.05, 4.69) is 15.0 Å². The molecule has 0 aliphatic rings. The molecule has 3 aromatic rings. The molecule has 0 atom stereocenters. The molecular formula is C19H21N3O3S2. The quantitative estimate of drug-likeness (QED) is 0.662. The number of carbonyl (C=O) groups is 1. The third kappa shape index (κ3) is 4.12. The molecule has 3 rings (SSSR count). The number of benzene rings is 2. The summed E-state index contributed by atoms with van der Waals surface area (Å²) in [6.07, 6.45) is 0.371. The third-order valence-corrected chi connectivity index (χ3v) is 6.70. The van der Waals surface area contributed by atoms with Crippen molar-refractivity contribution in [3.05, 3.63) is 47.0 Å². The molecule has 0 bridgehead atoms. The van der Waals surface area contributed by atoms with Crippen molar-refractivity contribution in [3.8, 4) is 0 Å². The van der Waals surface area contributed by atoms with Crippen LogP contribution in [0.15, 0.2) is 35.2 Å². The molecule has 0 unspecified atom stereocenters. The topological polar surface area (TPSA) is 88.2 Å². The maximum atomic E-state index is 12.9. The van der Waals surface area contributed by atoms with E-state index in [1.54, 1.807) is 39.0 Å². The van der Waals surface area contributed by atoms with E-state index in [-0.39, 0.29) is 5.91 Å². The second kappa shape index (κ2) is 7.28. The van der Waals surface area contributed by atoms with Crippen molar-refractivity contribution in [2.45, 2.75) is 39.0 Å². The number of amides is 1. The van der Waals surface area contributed by atoms with Crippen LogP contribution in [0, 0.1) is 20.8 Å². The van der Waals surface area contributed by atoms with E-state index in [0.29, 0.717) is 38.8 Å². The second-order valence-electron chi connectivity index (χ2n) is 6.44. The molecular weight excluding hydrogens is 382 g/mol. The highest BCUT2D eigenvalue weighted by molar-refractivity contribution is 7.92. The fourth-order valence-electron chi connectivity index (χ4n) is 3.05. The van der Waals surface area contributed by atoms with Crippen LogP contribution < -0.4 is 10.0 Å². The van der Waals surface area contributed by atoms with Gasteiger partial charge in [0.05, 0.1) is 20.8 Å². The minimum absolute atomic E-state index is 0.111. The molecule has 1 heterocycles. The number of anilines is 2. The molecule has 1 amide bonds. The Balaban J connectivity index is 1.93. The highest BCUT2D eigenvalue weighted by atomic mass is 32.2. The molecule has 0 aliphatic heterocycles. The first-order chi connectivity index (χ1) is 12.7. The van der Waals surface area contributed by atoms with E-state index >= 15 is 0 Å². The Labute approximate surface area is 162 Å². The smallest absolute Gasteiger partial charge is 0.262 e. The number of carbonyl (C=O) groups excluding carboxylic acids is 1. The van der Waals surface area contributed by atoms with Crippen molar-refractivity contribution >= 4 is 48.3 Å². The zero-order valence-electron chi connectivity index (χ0n) is 15.6. The second-order valence-corrected chi connectivity index (χ2v) is 9.09. The van der Waals surface area contributed by atoms with Crippen molar-refractivity contribution < 1.29 is 13.2 Å². The number of rotatable bonds is 5. The lowest BCUT2D eigenvalue weighted by molar-refractivity contribution is -0.115. The van der Waals surface area contributed by atoms with Gasteiger partial charge in [-0.3, -0.25) is 9.52 Å². The number of thiazole rings is 1. The lowest BCUT2D eigenvalue weighted by atomic mass is 10.1. The minimum Gasteiger partial charge on any atom is -0.302 e. The van der Waals surface area contributed by atoms with Gasteiger partial charge in [-0.1, -0.05) is 36.0 Å². The maximum Gasteiger partial charge on any atom is 0.262 e. The lowest BCUT2D eigenvalue weighted by Gasteiger charge is -2.14. The van der Waals surface area contributed by atoms with E-state index in [4.69, 9.17) is 0 Å². The Hall–Kier alpha value is -2.45. The fourth-order valence-corrected chi connectivity index (χ4v) is 5.47. The number of aryl methyl sites for hydroxylation is 3. The van der Waals surface area contributed by atoms with Crippen LogP contribution in [0.3, 0.4) is 0 Å². The summed E-state index contributed by atoms with van der Waals surface area (Å²) in [4.78, 5) is 16.2. The molecule has 2 N–H and O–H groups in total. The number of nitrogens with one attached hydrogen (secondary N) is 2. The van der Waals surface area contributed by atoms with Gasteiger partial charge in [-0.05, 0) is 50.1 Å². The summed E-state index contributed by atoms with van der Waals surface area (Å²) in [6.45, 7) is 7.30. The molecule has 1 aromatic heterocycles. The highest BCUT2D eigenvalue weighted by Crippen LogP contribution is 2.30. The zero-order valence-corrected chi connectivity index (χ0v) is 17.2. The average Bonchev–Trinajstić information content (AvgIpc) is 2.94.